The van der Waals surface area contributed by atoms with E-state index in [1.807, 2.05) is 34.6 Å². The Bertz CT molecular complexity index is 467. The highest BCUT2D eigenvalue weighted by Gasteiger charge is 2.21. The lowest BCUT2D eigenvalue weighted by atomic mass is 10.0. The SMILES string of the molecule is CCCOc1cc(C)c(Cl)c(C)c1C(=O)OC(C)C. The molecule has 0 aliphatic heterocycles. The van der Waals surface area contributed by atoms with Gasteiger partial charge in [-0.1, -0.05) is 18.5 Å². The van der Waals surface area contributed by atoms with Crippen molar-refractivity contribution < 1.29 is 14.3 Å². The number of esters is 1. The van der Waals surface area contributed by atoms with Gasteiger partial charge in [-0.3, -0.25) is 0 Å². The summed E-state index contributed by atoms with van der Waals surface area (Å²) < 4.78 is 10.9. The van der Waals surface area contributed by atoms with Crippen molar-refractivity contribution >= 4 is 17.6 Å². The van der Waals surface area contributed by atoms with Crippen molar-refractivity contribution in [3.63, 3.8) is 0 Å². The Morgan fingerprint density at radius 3 is 2.53 bits per heavy atom. The van der Waals surface area contributed by atoms with Crippen LogP contribution in [0, 0.1) is 13.8 Å². The van der Waals surface area contributed by atoms with Gasteiger partial charge >= 0.3 is 5.97 Å². The molecule has 0 bridgehead atoms. The Kier molecular flexibility index (Phi) is 5.67. The molecule has 0 unspecified atom stereocenters. The molecule has 0 aliphatic rings. The maximum Gasteiger partial charge on any atom is 0.342 e. The van der Waals surface area contributed by atoms with Crippen LogP contribution in [0.5, 0.6) is 5.75 Å². The molecule has 1 aromatic rings. The van der Waals surface area contributed by atoms with Crippen LogP contribution in [0.15, 0.2) is 6.07 Å². The topological polar surface area (TPSA) is 35.5 Å². The fourth-order valence-corrected chi connectivity index (χ4v) is 1.92. The molecule has 0 radical (unpaired) electrons. The second kappa shape index (κ2) is 6.80. The number of hydrogen-bond acceptors (Lipinski definition) is 3. The van der Waals surface area contributed by atoms with Gasteiger partial charge < -0.3 is 9.47 Å². The number of rotatable bonds is 5. The maximum atomic E-state index is 12.2. The van der Waals surface area contributed by atoms with E-state index >= 15 is 0 Å². The maximum absolute atomic E-state index is 12.2. The lowest BCUT2D eigenvalue weighted by molar-refractivity contribution is 0.0372. The highest BCUT2D eigenvalue weighted by Crippen LogP contribution is 2.32. The Labute approximate surface area is 119 Å². The van der Waals surface area contributed by atoms with Crippen LogP contribution in [-0.4, -0.2) is 18.7 Å². The van der Waals surface area contributed by atoms with E-state index in [9.17, 15) is 4.79 Å². The predicted molar refractivity (Wildman–Crippen MR) is 77.3 cm³/mol. The van der Waals surface area contributed by atoms with Crippen LogP contribution in [0.2, 0.25) is 5.02 Å². The van der Waals surface area contributed by atoms with Crippen molar-refractivity contribution in [2.24, 2.45) is 0 Å². The van der Waals surface area contributed by atoms with Crippen molar-refractivity contribution in [2.75, 3.05) is 6.61 Å². The van der Waals surface area contributed by atoms with E-state index in [0.717, 1.165) is 12.0 Å². The van der Waals surface area contributed by atoms with Crippen LogP contribution in [-0.2, 0) is 4.74 Å². The van der Waals surface area contributed by atoms with E-state index in [2.05, 4.69) is 0 Å². The van der Waals surface area contributed by atoms with Crippen molar-refractivity contribution in [1.29, 1.82) is 0 Å². The van der Waals surface area contributed by atoms with Crippen LogP contribution in [0.1, 0.15) is 48.7 Å². The molecule has 0 spiro atoms. The van der Waals surface area contributed by atoms with Gasteiger partial charge in [0.15, 0.2) is 0 Å². The van der Waals surface area contributed by atoms with Gasteiger partial charge in [-0.05, 0) is 51.3 Å². The molecule has 19 heavy (non-hydrogen) atoms. The molecule has 0 heterocycles. The third kappa shape index (κ3) is 3.87. The Balaban J connectivity index is 3.24. The molecular weight excluding hydrogens is 264 g/mol. The molecule has 0 amide bonds. The number of ether oxygens (including phenoxy) is 2. The minimum Gasteiger partial charge on any atom is -0.493 e. The summed E-state index contributed by atoms with van der Waals surface area (Å²) in [5.41, 5.74) is 2.03. The number of hydrogen-bond donors (Lipinski definition) is 0. The first kappa shape index (κ1) is 15.8. The van der Waals surface area contributed by atoms with Gasteiger partial charge in [-0.25, -0.2) is 4.79 Å². The van der Waals surface area contributed by atoms with Crippen molar-refractivity contribution in [3.8, 4) is 5.75 Å². The highest BCUT2D eigenvalue weighted by atomic mass is 35.5. The first-order valence-electron chi connectivity index (χ1n) is 6.51. The zero-order valence-electron chi connectivity index (χ0n) is 12.2. The lowest BCUT2D eigenvalue weighted by Gasteiger charge is -2.17. The quantitative estimate of drug-likeness (QED) is 0.756. The minimum absolute atomic E-state index is 0.175. The van der Waals surface area contributed by atoms with Gasteiger partial charge in [-0.15, -0.1) is 0 Å². The number of aryl methyl sites for hydroxylation is 1. The Morgan fingerprint density at radius 2 is 2.00 bits per heavy atom. The van der Waals surface area contributed by atoms with Crippen molar-refractivity contribution in [2.45, 2.75) is 47.1 Å². The largest absolute Gasteiger partial charge is 0.493 e. The van der Waals surface area contributed by atoms with Crippen molar-refractivity contribution in [1.82, 2.24) is 0 Å². The molecule has 3 nitrogen and oxygen atoms in total. The summed E-state index contributed by atoms with van der Waals surface area (Å²) in [7, 11) is 0. The first-order chi connectivity index (χ1) is 8.88. The monoisotopic (exact) mass is 284 g/mol. The standard InChI is InChI=1S/C15H21ClO3/c1-6-7-18-12-8-10(4)14(16)11(5)13(12)15(17)19-9(2)3/h8-9H,6-7H2,1-5H3. The molecule has 0 aromatic heterocycles. The molecule has 106 valence electrons. The molecule has 0 atom stereocenters. The summed E-state index contributed by atoms with van der Waals surface area (Å²) in [4.78, 5) is 12.2. The second-order valence-electron chi connectivity index (χ2n) is 4.81. The minimum atomic E-state index is -0.388. The van der Waals surface area contributed by atoms with Gasteiger partial charge in [0.1, 0.15) is 11.3 Å². The zero-order valence-corrected chi connectivity index (χ0v) is 12.9. The Morgan fingerprint density at radius 1 is 1.37 bits per heavy atom. The molecule has 0 N–H and O–H groups in total. The highest BCUT2D eigenvalue weighted by molar-refractivity contribution is 6.32. The number of halogens is 1. The van der Waals surface area contributed by atoms with Crippen LogP contribution < -0.4 is 4.74 Å². The summed E-state index contributed by atoms with van der Waals surface area (Å²) in [5, 5.41) is 0.583. The molecule has 1 aromatic carbocycles. The van der Waals surface area contributed by atoms with Gasteiger partial charge in [0.2, 0.25) is 0 Å². The average molecular weight is 285 g/mol. The van der Waals surface area contributed by atoms with E-state index in [4.69, 9.17) is 21.1 Å². The molecule has 0 aliphatic carbocycles. The summed E-state index contributed by atoms with van der Waals surface area (Å²) in [6, 6.07) is 1.79. The van der Waals surface area contributed by atoms with Gasteiger partial charge in [0.05, 0.1) is 12.7 Å². The Hall–Kier alpha value is -1.22. The van der Waals surface area contributed by atoms with Crippen LogP contribution >= 0.6 is 11.6 Å². The van der Waals surface area contributed by atoms with E-state index in [1.165, 1.54) is 0 Å². The van der Waals surface area contributed by atoms with Crippen LogP contribution in [0.3, 0.4) is 0 Å². The average Bonchev–Trinajstić information content (AvgIpc) is 2.32. The smallest absolute Gasteiger partial charge is 0.342 e. The van der Waals surface area contributed by atoms with Crippen molar-refractivity contribution in [3.05, 3.63) is 27.8 Å². The van der Waals surface area contributed by atoms with Crippen LogP contribution in [0.4, 0.5) is 0 Å². The predicted octanol–water partition coefficient (Wildman–Crippen LogP) is 4.31. The number of carbonyl (C=O) groups excluding carboxylic acids is 1. The van der Waals surface area contributed by atoms with E-state index in [1.54, 1.807) is 6.07 Å². The number of carbonyl (C=O) groups is 1. The number of benzene rings is 1. The molecule has 0 fully saturated rings. The molecule has 4 heteroatoms. The molecule has 0 saturated carbocycles. The summed E-state index contributed by atoms with van der Waals surface area (Å²) >= 11 is 6.21. The fourth-order valence-electron chi connectivity index (χ4n) is 1.78. The van der Waals surface area contributed by atoms with Crippen LogP contribution in [0.25, 0.3) is 0 Å². The third-order valence-electron chi connectivity index (χ3n) is 2.65. The van der Waals surface area contributed by atoms with E-state index < -0.39 is 0 Å². The molecule has 0 saturated heterocycles. The van der Waals surface area contributed by atoms with Gasteiger partial charge in [-0.2, -0.15) is 0 Å². The summed E-state index contributed by atoms with van der Waals surface area (Å²) in [5.74, 6) is 0.160. The molecule has 1 rings (SSSR count). The normalized spacial score (nSPS) is 10.7. The van der Waals surface area contributed by atoms with Gasteiger partial charge in [0.25, 0.3) is 0 Å². The van der Waals surface area contributed by atoms with E-state index in [0.29, 0.717) is 28.5 Å². The first-order valence-corrected chi connectivity index (χ1v) is 6.89. The lowest BCUT2D eigenvalue weighted by Crippen LogP contribution is -2.15. The van der Waals surface area contributed by atoms with E-state index in [-0.39, 0.29) is 12.1 Å². The second-order valence-corrected chi connectivity index (χ2v) is 5.19. The fraction of sp³-hybridized carbons (Fsp3) is 0.533. The van der Waals surface area contributed by atoms with Gasteiger partial charge in [0, 0.05) is 5.02 Å². The molecular formula is C15H21ClO3. The zero-order chi connectivity index (χ0) is 14.6. The summed E-state index contributed by atoms with van der Waals surface area (Å²) in [6.45, 7) is 9.91. The third-order valence-corrected chi connectivity index (χ3v) is 3.23. The summed E-state index contributed by atoms with van der Waals surface area (Å²) in [6.07, 6.45) is 0.699.